The van der Waals surface area contributed by atoms with Crippen LogP contribution in [0, 0.1) is 12.3 Å². The van der Waals surface area contributed by atoms with Crippen LogP contribution in [-0.2, 0) is 16.0 Å². The van der Waals surface area contributed by atoms with Crippen molar-refractivity contribution in [3.63, 3.8) is 0 Å². The number of carbonyl (C=O) groups is 1. The Morgan fingerprint density at radius 1 is 1.00 bits per heavy atom. The molecular weight excluding hydrogens is 476 g/mol. The highest BCUT2D eigenvalue weighted by atomic mass is 16.5. The van der Waals surface area contributed by atoms with Crippen molar-refractivity contribution in [2.24, 2.45) is 16.9 Å². The minimum Gasteiger partial charge on any atom is -0.497 e. The fraction of sp³-hybridized carbons (Fsp3) is 0.531. The third-order valence-electron chi connectivity index (χ3n) is 7.36. The lowest BCUT2D eigenvalue weighted by molar-refractivity contribution is -0.155. The number of hydrogen-bond donors (Lipinski definition) is 2. The Balaban J connectivity index is 1.52. The van der Waals surface area contributed by atoms with E-state index in [1.165, 1.54) is 27.8 Å². The molecule has 3 rings (SSSR count). The molecular formula is C32H46N2O4. The van der Waals surface area contributed by atoms with Crippen molar-refractivity contribution in [2.45, 2.75) is 84.7 Å². The maximum atomic E-state index is 12.6. The quantitative estimate of drug-likeness (QED) is 0.260. The lowest BCUT2D eigenvalue weighted by Crippen LogP contribution is -2.50. The van der Waals surface area contributed by atoms with E-state index < -0.39 is 11.0 Å². The zero-order valence-corrected chi connectivity index (χ0v) is 24.1. The Morgan fingerprint density at radius 2 is 1.71 bits per heavy atom. The summed E-state index contributed by atoms with van der Waals surface area (Å²) >= 11 is 0. The van der Waals surface area contributed by atoms with Gasteiger partial charge in [0.05, 0.1) is 25.7 Å². The molecule has 208 valence electrons. The Morgan fingerprint density at radius 3 is 2.39 bits per heavy atom. The number of rotatable bonds is 12. The van der Waals surface area contributed by atoms with Gasteiger partial charge in [-0.15, -0.1) is 0 Å². The number of fused-ring (bicyclic) bond motifs is 1. The smallest absolute Gasteiger partial charge is 0.313 e. The first-order valence-electron chi connectivity index (χ1n) is 13.7. The van der Waals surface area contributed by atoms with Crippen molar-refractivity contribution in [1.82, 2.24) is 0 Å². The number of ether oxygens (including phenoxy) is 3. The van der Waals surface area contributed by atoms with Gasteiger partial charge in [0.2, 0.25) is 0 Å². The van der Waals surface area contributed by atoms with Crippen LogP contribution in [0.25, 0.3) is 11.6 Å². The first-order valence-corrected chi connectivity index (χ1v) is 13.7. The number of aryl methyl sites for hydroxylation is 2. The van der Waals surface area contributed by atoms with Gasteiger partial charge in [-0.2, -0.15) is 0 Å². The minimum absolute atomic E-state index is 0.282. The minimum atomic E-state index is -0.786. The van der Waals surface area contributed by atoms with Gasteiger partial charge in [-0.25, -0.2) is 0 Å². The fourth-order valence-electron chi connectivity index (χ4n) is 4.81. The van der Waals surface area contributed by atoms with E-state index in [1.807, 2.05) is 33.8 Å². The van der Waals surface area contributed by atoms with Gasteiger partial charge in [-0.1, -0.05) is 18.2 Å². The number of nitrogens with two attached hydrogens (primary N) is 2. The summed E-state index contributed by atoms with van der Waals surface area (Å²) in [6, 6.07) is 12.3. The predicted molar refractivity (Wildman–Crippen MR) is 155 cm³/mol. The van der Waals surface area contributed by atoms with E-state index in [0.29, 0.717) is 19.6 Å². The van der Waals surface area contributed by atoms with Crippen LogP contribution in [0.15, 0.2) is 36.4 Å². The molecule has 0 aromatic heterocycles. The molecule has 4 N–H and O–H groups in total. The Bertz CT molecular complexity index is 1130. The molecule has 0 saturated heterocycles. The fourth-order valence-corrected chi connectivity index (χ4v) is 4.81. The molecule has 2 aromatic rings. The van der Waals surface area contributed by atoms with Crippen molar-refractivity contribution < 1.29 is 19.0 Å². The summed E-state index contributed by atoms with van der Waals surface area (Å²) in [6.07, 6.45) is 7.59. The highest BCUT2D eigenvalue weighted by Crippen LogP contribution is 2.34. The lowest BCUT2D eigenvalue weighted by atomic mass is 9.79. The van der Waals surface area contributed by atoms with Gasteiger partial charge in [0.15, 0.2) is 0 Å². The molecule has 0 saturated carbocycles. The van der Waals surface area contributed by atoms with Gasteiger partial charge in [0, 0.05) is 11.6 Å². The van der Waals surface area contributed by atoms with Crippen molar-refractivity contribution in [3.05, 3.63) is 58.7 Å². The van der Waals surface area contributed by atoms with Crippen LogP contribution < -0.4 is 20.9 Å². The van der Waals surface area contributed by atoms with Crippen LogP contribution in [0.1, 0.15) is 82.1 Å². The average molecular weight is 523 g/mol. The number of hydrogen-bond acceptors (Lipinski definition) is 6. The maximum absolute atomic E-state index is 12.6. The predicted octanol–water partition coefficient (Wildman–Crippen LogP) is 6.06. The number of benzene rings is 2. The maximum Gasteiger partial charge on any atom is 0.313 e. The van der Waals surface area contributed by atoms with Gasteiger partial charge < -0.3 is 25.7 Å². The van der Waals surface area contributed by atoms with Crippen LogP contribution in [0.3, 0.4) is 0 Å². The molecule has 0 radical (unpaired) electrons. The van der Waals surface area contributed by atoms with Gasteiger partial charge in [0.1, 0.15) is 11.5 Å². The van der Waals surface area contributed by atoms with Crippen LogP contribution >= 0.6 is 0 Å². The molecule has 1 atom stereocenters. The number of allylic oxidation sites excluding steroid dienone is 1. The summed E-state index contributed by atoms with van der Waals surface area (Å²) in [6.45, 7) is 10.5. The molecule has 0 bridgehead atoms. The highest BCUT2D eigenvalue weighted by molar-refractivity contribution is 5.84. The van der Waals surface area contributed by atoms with E-state index in [2.05, 4.69) is 43.3 Å². The second-order valence-electron chi connectivity index (χ2n) is 11.8. The Hall–Kier alpha value is -2.83. The molecule has 1 aliphatic rings. The summed E-state index contributed by atoms with van der Waals surface area (Å²) in [5, 5.41) is 0. The standard InChI is InChI=1S/C32H46N2O4/c1-22-18-26(36-6)14-15-28(22)24-11-9-10-23-12-13-27(20-25(23)19-24)37-16-7-8-17-38-30(35)32(4,5)29(33)21-31(2,3)34/h12-15,18-20,29H,7-11,16-17,21,33-34H2,1-6H3. The summed E-state index contributed by atoms with van der Waals surface area (Å²) in [4.78, 5) is 12.6. The molecule has 0 spiro atoms. The monoisotopic (exact) mass is 522 g/mol. The highest BCUT2D eigenvalue weighted by Gasteiger charge is 2.38. The van der Waals surface area contributed by atoms with Crippen LogP contribution in [0.2, 0.25) is 0 Å². The van der Waals surface area contributed by atoms with Crippen molar-refractivity contribution >= 4 is 17.6 Å². The van der Waals surface area contributed by atoms with E-state index in [1.54, 1.807) is 7.11 Å². The summed E-state index contributed by atoms with van der Waals surface area (Å²) < 4.78 is 17.0. The normalized spacial score (nSPS) is 14.7. The van der Waals surface area contributed by atoms with Gasteiger partial charge in [0.25, 0.3) is 0 Å². The number of methoxy groups -OCH3 is 1. The third kappa shape index (κ3) is 8.08. The summed E-state index contributed by atoms with van der Waals surface area (Å²) in [5.74, 6) is 1.46. The molecule has 1 unspecified atom stereocenters. The van der Waals surface area contributed by atoms with Crippen molar-refractivity contribution in [2.75, 3.05) is 20.3 Å². The average Bonchev–Trinajstić information content (AvgIpc) is 3.06. The second kappa shape index (κ2) is 12.8. The van der Waals surface area contributed by atoms with Crippen LogP contribution in [0.5, 0.6) is 11.5 Å². The molecule has 0 fully saturated rings. The first kappa shape index (κ1) is 29.7. The largest absolute Gasteiger partial charge is 0.497 e. The van der Waals surface area contributed by atoms with Crippen molar-refractivity contribution in [1.29, 1.82) is 0 Å². The number of unbranched alkanes of at least 4 members (excludes halogenated alkanes) is 1. The topological polar surface area (TPSA) is 96.8 Å². The Labute approximate surface area is 228 Å². The third-order valence-corrected chi connectivity index (χ3v) is 7.36. The van der Waals surface area contributed by atoms with Gasteiger partial charge in [-0.05, 0) is 125 Å². The van der Waals surface area contributed by atoms with Crippen LogP contribution in [0.4, 0.5) is 0 Å². The molecule has 6 nitrogen and oxygen atoms in total. The van der Waals surface area contributed by atoms with Crippen molar-refractivity contribution in [3.8, 4) is 11.5 Å². The van der Waals surface area contributed by atoms with E-state index in [0.717, 1.165) is 43.6 Å². The van der Waals surface area contributed by atoms with E-state index in [4.69, 9.17) is 25.7 Å². The molecule has 0 amide bonds. The molecule has 38 heavy (non-hydrogen) atoms. The molecule has 0 aliphatic heterocycles. The van der Waals surface area contributed by atoms with Crippen LogP contribution in [-0.4, -0.2) is 37.9 Å². The summed E-state index contributed by atoms with van der Waals surface area (Å²) in [5.41, 5.74) is 17.5. The number of carbonyl (C=O) groups excluding carboxylic acids is 1. The lowest BCUT2D eigenvalue weighted by Gasteiger charge is -2.33. The van der Waals surface area contributed by atoms with Gasteiger partial charge >= 0.3 is 5.97 Å². The molecule has 0 heterocycles. The van der Waals surface area contributed by atoms with E-state index >= 15 is 0 Å². The molecule has 6 heteroatoms. The van der Waals surface area contributed by atoms with E-state index in [-0.39, 0.29) is 12.0 Å². The van der Waals surface area contributed by atoms with E-state index in [9.17, 15) is 4.79 Å². The second-order valence-corrected chi connectivity index (χ2v) is 11.8. The SMILES string of the molecule is COc1ccc(C2=Cc3cc(OCCCCOC(=O)C(C)(C)C(N)CC(C)(C)N)ccc3CCC2)c(C)c1. The summed E-state index contributed by atoms with van der Waals surface area (Å²) in [7, 11) is 1.70. The zero-order valence-electron chi connectivity index (χ0n) is 24.1. The molecule has 1 aliphatic carbocycles. The first-order chi connectivity index (χ1) is 17.9. The zero-order chi connectivity index (χ0) is 27.9. The van der Waals surface area contributed by atoms with Gasteiger partial charge in [-0.3, -0.25) is 4.79 Å². The molecule has 2 aromatic carbocycles. The Kier molecular flexibility index (Phi) is 10.0. The number of esters is 1.